The molecule has 0 aliphatic heterocycles. The van der Waals surface area contributed by atoms with E-state index < -0.39 is 4.92 Å². The molecule has 0 fully saturated rings. The summed E-state index contributed by atoms with van der Waals surface area (Å²) in [7, 11) is 1.88. The number of nitrogens with zero attached hydrogens (tertiary/aromatic N) is 3. The van der Waals surface area contributed by atoms with Gasteiger partial charge in [-0.2, -0.15) is 0 Å². The van der Waals surface area contributed by atoms with Crippen LogP contribution in [0.5, 0.6) is 0 Å². The van der Waals surface area contributed by atoms with Gasteiger partial charge in [-0.1, -0.05) is 35.9 Å². The molecule has 0 unspecified atom stereocenters. The SMILES string of the molecule is Cn1c(-c2cccc([N+](=O)[O-])c2)csc1=Nc1ccccc1Cl. The normalized spacial score (nSPS) is 11.7. The fourth-order valence-electron chi connectivity index (χ4n) is 2.16. The zero-order valence-corrected chi connectivity index (χ0v) is 13.7. The van der Waals surface area contributed by atoms with Gasteiger partial charge in [-0.3, -0.25) is 10.1 Å². The minimum atomic E-state index is -0.398. The Labute approximate surface area is 141 Å². The molecule has 0 aliphatic carbocycles. The summed E-state index contributed by atoms with van der Waals surface area (Å²) < 4.78 is 1.90. The Balaban J connectivity index is 2.08. The lowest BCUT2D eigenvalue weighted by Gasteiger charge is -2.03. The summed E-state index contributed by atoms with van der Waals surface area (Å²) in [6, 6.07) is 13.9. The Morgan fingerprint density at radius 1 is 1.22 bits per heavy atom. The van der Waals surface area contributed by atoms with Crippen molar-refractivity contribution in [2.45, 2.75) is 0 Å². The van der Waals surface area contributed by atoms with Gasteiger partial charge in [0, 0.05) is 30.1 Å². The summed E-state index contributed by atoms with van der Waals surface area (Å²) in [4.78, 5) is 15.8. The highest BCUT2D eigenvalue weighted by Crippen LogP contribution is 2.26. The number of para-hydroxylation sites is 1. The summed E-state index contributed by atoms with van der Waals surface area (Å²) in [5.41, 5.74) is 2.40. The second kappa shape index (κ2) is 6.36. The van der Waals surface area contributed by atoms with E-state index in [1.54, 1.807) is 18.2 Å². The van der Waals surface area contributed by atoms with Crippen LogP contribution in [-0.2, 0) is 7.05 Å². The number of thiazole rings is 1. The number of nitro groups is 1. The fourth-order valence-corrected chi connectivity index (χ4v) is 3.25. The van der Waals surface area contributed by atoms with Gasteiger partial charge in [-0.05, 0) is 12.1 Å². The fraction of sp³-hybridized carbons (Fsp3) is 0.0625. The largest absolute Gasteiger partial charge is 0.320 e. The molecule has 0 spiro atoms. The van der Waals surface area contributed by atoms with Gasteiger partial charge < -0.3 is 4.57 Å². The molecule has 0 amide bonds. The highest BCUT2D eigenvalue weighted by Gasteiger charge is 2.10. The van der Waals surface area contributed by atoms with E-state index in [-0.39, 0.29) is 5.69 Å². The molecule has 0 radical (unpaired) electrons. The third kappa shape index (κ3) is 3.18. The topological polar surface area (TPSA) is 60.4 Å². The maximum Gasteiger partial charge on any atom is 0.270 e. The summed E-state index contributed by atoms with van der Waals surface area (Å²) in [6.07, 6.45) is 0. The lowest BCUT2D eigenvalue weighted by molar-refractivity contribution is -0.384. The molecule has 0 bridgehead atoms. The van der Waals surface area contributed by atoms with Crippen molar-refractivity contribution >= 4 is 34.3 Å². The smallest absolute Gasteiger partial charge is 0.270 e. The van der Waals surface area contributed by atoms with Crippen molar-refractivity contribution in [3.05, 3.63) is 73.8 Å². The van der Waals surface area contributed by atoms with Crippen LogP contribution >= 0.6 is 22.9 Å². The maximum absolute atomic E-state index is 10.9. The van der Waals surface area contributed by atoms with Crippen molar-refractivity contribution in [3.63, 3.8) is 0 Å². The van der Waals surface area contributed by atoms with Crippen molar-refractivity contribution in [1.29, 1.82) is 0 Å². The van der Waals surface area contributed by atoms with Crippen LogP contribution < -0.4 is 4.80 Å². The van der Waals surface area contributed by atoms with Crippen LogP contribution in [0.2, 0.25) is 5.02 Å². The molecule has 1 aromatic heterocycles. The van der Waals surface area contributed by atoms with Crippen LogP contribution in [0.3, 0.4) is 0 Å². The van der Waals surface area contributed by atoms with Gasteiger partial charge in [-0.15, -0.1) is 11.3 Å². The van der Waals surface area contributed by atoms with Crippen LogP contribution in [0.15, 0.2) is 58.9 Å². The molecule has 5 nitrogen and oxygen atoms in total. The average molecular weight is 346 g/mol. The Morgan fingerprint density at radius 3 is 2.74 bits per heavy atom. The first kappa shape index (κ1) is 15.5. The van der Waals surface area contributed by atoms with Crippen LogP contribution in [0.25, 0.3) is 11.3 Å². The summed E-state index contributed by atoms with van der Waals surface area (Å²) in [5.74, 6) is 0. The maximum atomic E-state index is 10.9. The van der Waals surface area contributed by atoms with Crippen molar-refractivity contribution < 1.29 is 4.92 Å². The molecule has 0 saturated carbocycles. The number of halogens is 1. The van der Waals surface area contributed by atoms with E-state index in [2.05, 4.69) is 4.99 Å². The lowest BCUT2D eigenvalue weighted by Crippen LogP contribution is -2.10. The number of hydrogen-bond donors (Lipinski definition) is 0. The van der Waals surface area contributed by atoms with Gasteiger partial charge in [0.25, 0.3) is 5.69 Å². The number of hydrogen-bond acceptors (Lipinski definition) is 4. The standard InChI is InChI=1S/C16H12ClN3O2S/c1-19-15(11-5-4-6-12(9-11)20(21)22)10-23-16(19)18-14-8-3-2-7-13(14)17/h2-10H,1H3. The Morgan fingerprint density at radius 2 is 2.00 bits per heavy atom. The van der Waals surface area contributed by atoms with Crippen molar-refractivity contribution in [3.8, 4) is 11.3 Å². The minimum Gasteiger partial charge on any atom is -0.320 e. The molecule has 0 atom stereocenters. The van der Waals surface area contributed by atoms with E-state index in [1.165, 1.54) is 17.4 Å². The average Bonchev–Trinajstić information content (AvgIpc) is 2.91. The second-order valence-corrected chi connectivity index (χ2v) is 6.08. The Kier molecular flexibility index (Phi) is 4.27. The summed E-state index contributed by atoms with van der Waals surface area (Å²) >= 11 is 7.59. The van der Waals surface area contributed by atoms with E-state index in [0.29, 0.717) is 10.7 Å². The minimum absolute atomic E-state index is 0.0679. The van der Waals surface area contributed by atoms with E-state index in [4.69, 9.17) is 11.6 Å². The predicted octanol–water partition coefficient (Wildman–Crippen LogP) is 4.55. The predicted molar refractivity (Wildman–Crippen MR) is 92.1 cm³/mol. The number of rotatable bonds is 3. The van der Waals surface area contributed by atoms with Crippen molar-refractivity contribution in [1.82, 2.24) is 4.57 Å². The molecule has 3 rings (SSSR count). The zero-order chi connectivity index (χ0) is 16.4. The van der Waals surface area contributed by atoms with Gasteiger partial charge in [0.05, 0.1) is 21.3 Å². The Bertz CT molecular complexity index is 946. The molecule has 0 N–H and O–H groups in total. The lowest BCUT2D eigenvalue weighted by atomic mass is 10.1. The van der Waals surface area contributed by atoms with Crippen LogP contribution in [0.1, 0.15) is 0 Å². The van der Waals surface area contributed by atoms with E-state index in [0.717, 1.165) is 16.1 Å². The van der Waals surface area contributed by atoms with Gasteiger partial charge in [0.15, 0.2) is 4.80 Å². The van der Waals surface area contributed by atoms with Gasteiger partial charge in [0.1, 0.15) is 0 Å². The van der Waals surface area contributed by atoms with Gasteiger partial charge >= 0.3 is 0 Å². The number of benzene rings is 2. The van der Waals surface area contributed by atoms with E-state index in [9.17, 15) is 10.1 Å². The highest BCUT2D eigenvalue weighted by atomic mass is 35.5. The van der Waals surface area contributed by atoms with Crippen molar-refractivity contribution in [2.24, 2.45) is 12.0 Å². The van der Waals surface area contributed by atoms with Crippen LogP contribution in [0.4, 0.5) is 11.4 Å². The monoisotopic (exact) mass is 345 g/mol. The first-order valence-corrected chi connectivity index (χ1v) is 8.00. The van der Waals surface area contributed by atoms with E-state index >= 15 is 0 Å². The molecule has 2 aromatic carbocycles. The molecule has 1 heterocycles. The van der Waals surface area contributed by atoms with Crippen molar-refractivity contribution in [2.75, 3.05) is 0 Å². The first-order valence-electron chi connectivity index (χ1n) is 6.75. The van der Waals surface area contributed by atoms with Gasteiger partial charge in [0.2, 0.25) is 0 Å². The summed E-state index contributed by atoms with van der Waals surface area (Å²) in [5, 5.41) is 13.4. The first-order chi connectivity index (χ1) is 11.1. The summed E-state index contributed by atoms with van der Waals surface area (Å²) in [6.45, 7) is 0. The molecular weight excluding hydrogens is 334 g/mol. The number of aromatic nitrogens is 1. The quantitative estimate of drug-likeness (QED) is 0.516. The number of non-ortho nitro benzene ring substituents is 1. The highest BCUT2D eigenvalue weighted by molar-refractivity contribution is 7.07. The molecule has 116 valence electrons. The zero-order valence-electron chi connectivity index (χ0n) is 12.1. The molecule has 7 heteroatoms. The molecule has 0 aliphatic rings. The Hall–Kier alpha value is -2.44. The van der Waals surface area contributed by atoms with E-state index in [1.807, 2.05) is 41.3 Å². The third-order valence-corrected chi connectivity index (χ3v) is 4.58. The molecular formula is C16H12ClN3O2S. The number of nitro benzene ring substituents is 1. The molecule has 3 aromatic rings. The second-order valence-electron chi connectivity index (χ2n) is 4.83. The van der Waals surface area contributed by atoms with Crippen LogP contribution in [0, 0.1) is 10.1 Å². The molecule has 23 heavy (non-hydrogen) atoms. The van der Waals surface area contributed by atoms with Gasteiger partial charge in [-0.25, -0.2) is 4.99 Å². The van der Waals surface area contributed by atoms with Crippen LogP contribution in [-0.4, -0.2) is 9.49 Å². The third-order valence-electron chi connectivity index (χ3n) is 3.35. The molecule has 0 saturated heterocycles.